The fourth-order valence-corrected chi connectivity index (χ4v) is 2.33. The molecule has 0 aromatic heterocycles. The van der Waals surface area contributed by atoms with Crippen LogP contribution >= 0.6 is 0 Å². The van der Waals surface area contributed by atoms with E-state index in [4.69, 9.17) is 9.84 Å². The Hall–Kier alpha value is -1.63. The summed E-state index contributed by atoms with van der Waals surface area (Å²) in [5, 5.41) is 11.2. The maximum Gasteiger partial charge on any atom is 0.324 e. The van der Waals surface area contributed by atoms with Crippen LogP contribution in [0.25, 0.3) is 0 Å². The van der Waals surface area contributed by atoms with Crippen molar-refractivity contribution in [2.45, 2.75) is 52.7 Å². The van der Waals surface area contributed by atoms with Gasteiger partial charge in [-0.05, 0) is 34.6 Å². The standard InChI is InChI=1S/C14H24N2O5/c1-9-7-16(8-14(4,5)21-9)12(20)15-10(17)6-13(2,3)11(18)19/h9H,6-8H2,1-5H3,(H,18,19)(H,15,17,20). The highest BCUT2D eigenvalue weighted by Crippen LogP contribution is 2.22. The van der Waals surface area contributed by atoms with E-state index in [0.29, 0.717) is 13.1 Å². The first-order valence-corrected chi connectivity index (χ1v) is 6.93. The number of carboxylic acids is 1. The van der Waals surface area contributed by atoms with Crippen LogP contribution in [-0.2, 0) is 14.3 Å². The van der Waals surface area contributed by atoms with Crippen molar-refractivity contribution in [2.24, 2.45) is 5.41 Å². The number of nitrogens with zero attached hydrogens (tertiary/aromatic N) is 1. The molecular formula is C14H24N2O5. The van der Waals surface area contributed by atoms with Crippen molar-refractivity contribution < 1.29 is 24.2 Å². The van der Waals surface area contributed by atoms with E-state index >= 15 is 0 Å². The largest absolute Gasteiger partial charge is 0.481 e. The summed E-state index contributed by atoms with van der Waals surface area (Å²) in [4.78, 5) is 36.4. The second-order valence-electron chi connectivity index (χ2n) is 6.79. The summed E-state index contributed by atoms with van der Waals surface area (Å²) >= 11 is 0. The van der Waals surface area contributed by atoms with Crippen molar-refractivity contribution in [3.63, 3.8) is 0 Å². The number of nitrogens with one attached hydrogen (secondary N) is 1. The summed E-state index contributed by atoms with van der Waals surface area (Å²) in [7, 11) is 0. The number of amides is 3. The number of aliphatic carboxylic acids is 1. The number of carbonyl (C=O) groups excluding carboxylic acids is 2. The summed E-state index contributed by atoms with van der Waals surface area (Å²) < 4.78 is 5.69. The third-order valence-corrected chi connectivity index (χ3v) is 3.28. The molecule has 0 bridgehead atoms. The maximum atomic E-state index is 12.1. The van der Waals surface area contributed by atoms with Crippen LogP contribution in [0.2, 0.25) is 0 Å². The minimum absolute atomic E-state index is 0.120. The zero-order valence-corrected chi connectivity index (χ0v) is 13.2. The molecule has 1 fully saturated rings. The van der Waals surface area contributed by atoms with Crippen molar-refractivity contribution in [1.82, 2.24) is 10.2 Å². The highest BCUT2D eigenvalue weighted by molar-refractivity contribution is 5.96. The lowest BCUT2D eigenvalue weighted by atomic mass is 9.89. The van der Waals surface area contributed by atoms with Gasteiger partial charge in [0, 0.05) is 13.0 Å². The van der Waals surface area contributed by atoms with E-state index in [1.807, 2.05) is 20.8 Å². The van der Waals surface area contributed by atoms with E-state index in [-0.39, 0.29) is 12.5 Å². The zero-order valence-electron chi connectivity index (χ0n) is 13.2. The smallest absolute Gasteiger partial charge is 0.324 e. The number of hydrogen-bond donors (Lipinski definition) is 2. The fourth-order valence-electron chi connectivity index (χ4n) is 2.33. The molecule has 1 atom stereocenters. The van der Waals surface area contributed by atoms with Crippen molar-refractivity contribution in [2.75, 3.05) is 13.1 Å². The molecule has 1 aliphatic rings. The highest BCUT2D eigenvalue weighted by atomic mass is 16.5. The van der Waals surface area contributed by atoms with Gasteiger partial charge in [-0.15, -0.1) is 0 Å². The van der Waals surface area contributed by atoms with Gasteiger partial charge in [0.25, 0.3) is 0 Å². The van der Waals surface area contributed by atoms with Crippen LogP contribution in [0.1, 0.15) is 41.0 Å². The molecule has 0 spiro atoms. The molecule has 120 valence electrons. The molecular weight excluding hydrogens is 276 g/mol. The number of imide groups is 1. The number of hydrogen-bond acceptors (Lipinski definition) is 4. The molecule has 1 rings (SSSR count). The van der Waals surface area contributed by atoms with E-state index in [1.54, 1.807) is 0 Å². The van der Waals surface area contributed by atoms with Crippen LogP contribution < -0.4 is 5.32 Å². The van der Waals surface area contributed by atoms with Gasteiger partial charge in [-0.3, -0.25) is 14.9 Å². The Morgan fingerprint density at radius 2 is 1.95 bits per heavy atom. The van der Waals surface area contributed by atoms with E-state index in [9.17, 15) is 14.4 Å². The summed E-state index contributed by atoms with van der Waals surface area (Å²) in [6.45, 7) is 9.26. The average molecular weight is 300 g/mol. The zero-order chi connectivity index (χ0) is 16.4. The summed E-state index contributed by atoms with van der Waals surface area (Å²) in [6.07, 6.45) is -0.373. The number of urea groups is 1. The first-order valence-electron chi connectivity index (χ1n) is 6.93. The normalized spacial score (nSPS) is 21.8. The quantitative estimate of drug-likeness (QED) is 0.817. The van der Waals surface area contributed by atoms with Crippen LogP contribution in [0.3, 0.4) is 0 Å². The Kier molecular flexibility index (Phi) is 4.99. The van der Waals surface area contributed by atoms with Crippen LogP contribution in [0.4, 0.5) is 4.79 Å². The Balaban J connectivity index is 2.61. The second-order valence-corrected chi connectivity index (χ2v) is 6.79. The van der Waals surface area contributed by atoms with E-state index in [2.05, 4.69) is 5.32 Å². The molecule has 0 saturated carbocycles. The van der Waals surface area contributed by atoms with Crippen LogP contribution in [0.5, 0.6) is 0 Å². The lowest BCUT2D eigenvalue weighted by Crippen LogP contribution is -2.57. The first-order chi connectivity index (χ1) is 9.43. The third kappa shape index (κ3) is 5.00. The van der Waals surface area contributed by atoms with Gasteiger partial charge in [0.2, 0.25) is 5.91 Å². The molecule has 2 N–H and O–H groups in total. The SMILES string of the molecule is CC1CN(C(=O)NC(=O)CC(C)(C)C(=O)O)CC(C)(C)O1. The van der Waals surface area contributed by atoms with E-state index < -0.39 is 28.9 Å². The van der Waals surface area contributed by atoms with Crippen molar-refractivity contribution in [3.8, 4) is 0 Å². The van der Waals surface area contributed by atoms with Crippen molar-refractivity contribution in [3.05, 3.63) is 0 Å². The molecule has 1 aliphatic heterocycles. The van der Waals surface area contributed by atoms with Gasteiger partial charge in [-0.2, -0.15) is 0 Å². The number of morpholine rings is 1. The first kappa shape index (κ1) is 17.4. The lowest BCUT2D eigenvalue weighted by Gasteiger charge is -2.41. The maximum absolute atomic E-state index is 12.1. The highest BCUT2D eigenvalue weighted by Gasteiger charge is 2.35. The summed E-state index contributed by atoms with van der Waals surface area (Å²) in [5.41, 5.74) is -1.68. The summed E-state index contributed by atoms with van der Waals surface area (Å²) in [5.74, 6) is -1.67. The van der Waals surface area contributed by atoms with Gasteiger partial charge in [0.05, 0.1) is 23.7 Å². The van der Waals surface area contributed by atoms with Crippen molar-refractivity contribution >= 4 is 17.9 Å². The topological polar surface area (TPSA) is 95.9 Å². The molecule has 1 heterocycles. The predicted molar refractivity (Wildman–Crippen MR) is 75.8 cm³/mol. The lowest BCUT2D eigenvalue weighted by molar-refractivity contribution is -0.149. The number of rotatable bonds is 3. The molecule has 7 heteroatoms. The van der Waals surface area contributed by atoms with Gasteiger partial charge in [-0.25, -0.2) is 4.79 Å². The molecule has 0 aromatic carbocycles. The fraction of sp³-hybridized carbons (Fsp3) is 0.786. The van der Waals surface area contributed by atoms with Gasteiger partial charge in [-0.1, -0.05) is 0 Å². The molecule has 1 saturated heterocycles. The summed E-state index contributed by atoms with van der Waals surface area (Å²) in [6, 6.07) is -0.510. The van der Waals surface area contributed by atoms with Crippen LogP contribution in [0, 0.1) is 5.41 Å². The Morgan fingerprint density at radius 1 is 1.38 bits per heavy atom. The molecule has 7 nitrogen and oxygen atoms in total. The van der Waals surface area contributed by atoms with E-state index in [1.165, 1.54) is 18.7 Å². The number of ether oxygens (including phenoxy) is 1. The van der Waals surface area contributed by atoms with Crippen LogP contribution in [-0.4, -0.2) is 52.7 Å². The minimum atomic E-state index is -1.21. The molecule has 1 unspecified atom stereocenters. The Bertz CT molecular complexity index is 445. The second kappa shape index (κ2) is 6.01. The predicted octanol–water partition coefficient (Wildman–Crippen LogP) is 1.22. The molecule has 0 aliphatic carbocycles. The molecule has 0 aromatic rings. The molecule has 21 heavy (non-hydrogen) atoms. The number of carbonyl (C=O) groups is 3. The monoisotopic (exact) mass is 300 g/mol. The third-order valence-electron chi connectivity index (χ3n) is 3.28. The van der Waals surface area contributed by atoms with Gasteiger partial charge >= 0.3 is 12.0 Å². The number of carboxylic acid groups (broad SMARTS) is 1. The van der Waals surface area contributed by atoms with Gasteiger partial charge in [0.15, 0.2) is 0 Å². The minimum Gasteiger partial charge on any atom is -0.481 e. The van der Waals surface area contributed by atoms with E-state index in [0.717, 1.165) is 0 Å². The van der Waals surface area contributed by atoms with Crippen molar-refractivity contribution in [1.29, 1.82) is 0 Å². The Morgan fingerprint density at radius 3 is 2.43 bits per heavy atom. The van der Waals surface area contributed by atoms with Gasteiger partial charge in [0.1, 0.15) is 0 Å². The Labute approximate surface area is 124 Å². The average Bonchev–Trinajstić information content (AvgIpc) is 2.24. The molecule has 3 amide bonds. The van der Waals surface area contributed by atoms with Crippen LogP contribution in [0.15, 0.2) is 0 Å². The molecule has 0 radical (unpaired) electrons. The van der Waals surface area contributed by atoms with Gasteiger partial charge < -0.3 is 14.7 Å².